The molecule has 18 heavy (non-hydrogen) atoms. The summed E-state index contributed by atoms with van der Waals surface area (Å²) in [5, 5.41) is 6.29. The topological polar surface area (TPSA) is 53.6 Å². The summed E-state index contributed by atoms with van der Waals surface area (Å²) in [5.41, 5.74) is 0. The van der Waals surface area contributed by atoms with Crippen molar-refractivity contribution in [3.05, 3.63) is 0 Å². The molecule has 1 saturated heterocycles. The first-order valence-corrected chi connectivity index (χ1v) is 7.11. The zero-order chi connectivity index (χ0) is 12.8. The highest BCUT2D eigenvalue weighted by atomic mass is 16.5. The Morgan fingerprint density at radius 2 is 2.33 bits per heavy atom. The molecule has 2 aliphatic rings. The van der Waals surface area contributed by atoms with Gasteiger partial charge in [-0.2, -0.15) is 0 Å². The van der Waals surface area contributed by atoms with Gasteiger partial charge in [0.2, 0.25) is 5.91 Å². The van der Waals surface area contributed by atoms with Crippen LogP contribution in [0.15, 0.2) is 0 Å². The van der Waals surface area contributed by atoms with Gasteiger partial charge in [-0.05, 0) is 19.4 Å². The minimum absolute atomic E-state index is 0.129. The number of morpholine rings is 1. The van der Waals surface area contributed by atoms with Crippen LogP contribution in [0, 0.1) is 0 Å². The largest absolute Gasteiger partial charge is 0.378 e. The first kappa shape index (κ1) is 13.8. The second-order valence-electron chi connectivity index (χ2n) is 5.14. The van der Waals surface area contributed by atoms with E-state index in [2.05, 4.69) is 22.5 Å². The van der Waals surface area contributed by atoms with Crippen molar-refractivity contribution in [1.29, 1.82) is 0 Å². The molecule has 1 unspecified atom stereocenters. The molecule has 0 radical (unpaired) electrons. The molecular weight excluding hydrogens is 230 g/mol. The normalized spacial score (nSPS) is 24.2. The molecule has 1 aliphatic heterocycles. The second-order valence-corrected chi connectivity index (χ2v) is 5.14. The predicted molar refractivity (Wildman–Crippen MR) is 70.5 cm³/mol. The average Bonchev–Trinajstić information content (AvgIpc) is 3.20. The fourth-order valence-corrected chi connectivity index (χ4v) is 2.42. The number of rotatable bonds is 7. The lowest BCUT2D eigenvalue weighted by molar-refractivity contribution is -0.122. The average molecular weight is 255 g/mol. The Kier molecular flexibility index (Phi) is 5.41. The number of nitrogens with one attached hydrogen (secondary N) is 2. The van der Waals surface area contributed by atoms with Crippen LogP contribution in [0.5, 0.6) is 0 Å². The van der Waals surface area contributed by atoms with Gasteiger partial charge in [-0.15, -0.1) is 0 Å². The van der Waals surface area contributed by atoms with Gasteiger partial charge < -0.3 is 15.4 Å². The lowest BCUT2D eigenvalue weighted by atomic mass is 10.2. The molecule has 2 N–H and O–H groups in total. The number of ether oxygens (including phenoxy) is 1. The SMILES string of the molecule is CCN(CCNC(=O)CC1COCCN1)C1CC1. The Balaban J connectivity index is 1.56. The van der Waals surface area contributed by atoms with Crippen molar-refractivity contribution in [2.24, 2.45) is 0 Å². The Bertz CT molecular complexity index is 263. The molecule has 5 heteroatoms. The fourth-order valence-electron chi connectivity index (χ4n) is 2.42. The van der Waals surface area contributed by atoms with Gasteiger partial charge in [0, 0.05) is 38.1 Å². The molecule has 0 aromatic carbocycles. The summed E-state index contributed by atoms with van der Waals surface area (Å²) >= 11 is 0. The Labute approximate surface area is 109 Å². The number of likely N-dealkylation sites (N-methyl/N-ethyl adjacent to an activating group) is 1. The molecule has 0 spiro atoms. The molecule has 0 bridgehead atoms. The molecule has 0 aromatic heterocycles. The zero-order valence-electron chi connectivity index (χ0n) is 11.3. The monoisotopic (exact) mass is 255 g/mol. The summed E-state index contributed by atoms with van der Waals surface area (Å²) < 4.78 is 5.33. The second kappa shape index (κ2) is 7.07. The van der Waals surface area contributed by atoms with Crippen molar-refractivity contribution >= 4 is 5.91 Å². The maximum atomic E-state index is 11.7. The molecule has 1 saturated carbocycles. The van der Waals surface area contributed by atoms with E-state index in [0.29, 0.717) is 13.0 Å². The Morgan fingerprint density at radius 3 is 2.94 bits per heavy atom. The molecule has 5 nitrogen and oxygen atoms in total. The Hall–Kier alpha value is -0.650. The van der Waals surface area contributed by atoms with Gasteiger partial charge in [0.15, 0.2) is 0 Å². The van der Waals surface area contributed by atoms with E-state index >= 15 is 0 Å². The van der Waals surface area contributed by atoms with E-state index in [1.54, 1.807) is 0 Å². The predicted octanol–water partition coefficient (Wildman–Crippen LogP) is -0.0346. The van der Waals surface area contributed by atoms with Crippen LogP contribution in [0.25, 0.3) is 0 Å². The van der Waals surface area contributed by atoms with Crippen molar-refractivity contribution < 1.29 is 9.53 Å². The van der Waals surface area contributed by atoms with E-state index in [0.717, 1.165) is 38.8 Å². The van der Waals surface area contributed by atoms with Crippen molar-refractivity contribution in [3.8, 4) is 0 Å². The third-order valence-corrected chi connectivity index (χ3v) is 3.62. The van der Waals surface area contributed by atoms with Gasteiger partial charge in [-0.3, -0.25) is 9.69 Å². The first-order valence-electron chi connectivity index (χ1n) is 7.11. The van der Waals surface area contributed by atoms with E-state index in [-0.39, 0.29) is 11.9 Å². The molecular formula is C13H25N3O2. The summed E-state index contributed by atoms with van der Waals surface area (Å²) in [6.45, 7) is 7.25. The lowest BCUT2D eigenvalue weighted by Gasteiger charge is -2.24. The molecule has 2 fully saturated rings. The molecule has 1 aliphatic carbocycles. The summed E-state index contributed by atoms with van der Waals surface area (Å²) in [4.78, 5) is 14.2. The molecule has 1 atom stereocenters. The van der Waals surface area contributed by atoms with Crippen LogP contribution in [0.1, 0.15) is 26.2 Å². The van der Waals surface area contributed by atoms with Crippen molar-refractivity contribution in [2.45, 2.75) is 38.3 Å². The minimum Gasteiger partial charge on any atom is -0.378 e. The van der Waals surface area contributed by atoms with E-state index < -0.39 is 0 Å². The number of carbonyl (C=O) groups is 1. The summed E-state index contributed by atoms with van der Waals surface area (Å²) in [7, 11) is 0. The highest BCUT2D eigenvalue weighted by Gasteiger charge is 2.27. The highest BCUT2D eigenvalue weighted by Crippen LogP contribution is 2.25. The van der Waals surface area contributed by atoms with Gasteiger partial charge in [-0.1, -0.05) is 6.92 Å². The van der Waals surface area contributed by atoms with E-state index in [1.807, 2.05) is 0 Å². The number of hydrogen-bond donors (Lipinski definition) is 2. The van der Waals surface area contributed by atoms with E-state index in [4.69, 9.17) is 4.74 Å². The quantitative estimate of drug-likeness (QED) is 0.670. The summed E-state index contributed by atoms with van der Waals surface area (Å²) in [5.74, 6) is 0.129. The summed E-state index contributed by atoms with van der Waals surface area (Å²) in [6, 6.07) is 0.963. The number of carbonyl (C=O) groups excluding carboxylic acids is 1. The van der Waals surface area contributed by atoms with Gasteiger partial charge in [-0.25, -0.2) is 0 Å². The zero-order valence-corrected chi connectivity index (χ0v) is 11.3. The third kappa shape index (κ3) is 4.55. The van der Waals surface area contributed by atoms with Gasteiger partial charge >= 0.3 is 0 Å². The number of nitrogens with zero attached hydrogens (tertiary/aromatic N) is 1. The van der Waals surface area contributed by atoms with Crippen molar-refractivity contribution in [1.82, 2.24) is 15.5 Å². The van der Waals surface area contributed by atoms with Crippen molar-refractivity contribution in [2.75, 3.05) is 39.4 Å². The molecule has 0 aromatic rings. The maximum absolute atomic E-state index is 11.7. The van der Waals surface area contributed by atoms with Gasteiger partial charge in [0.1, 0.15) is 0 Å². The van der Waals surface area contributed by atoms with Crippen LogP contribution in [-0.2, 0) is 9.53 Å². The number of amides is 1. The van der Waals surface area contributed by atoms with Crippen LogP contribution in [-0.4, -0.2) is 62.3 Å². The van der Waals surface area contributed by atoms with Crippen LogP contribution in [0.4, 0.5) is 0 Å². The minimum atomic E-state index is 0.129. The standard InChI is InChI=1S/C13H25N3O2/c1-2-16(12-3-4-12)7-5-15-13(17)9-11-10-18-8-6-14-11/h11-12,14H,2-10H2,1H3,(H,15,17). The van der Waals surface area contributed by atoms with E-state index in [1.165, 1.54) is 12.8 Å². The molecule has 104 valence electrons. The van der Waals surface area contributed by atoms with Crippen molar-refractivity contribution in [3.63, 3.8) is 0 Å². The smallest absolute Gasteiger partial charge is 0.221 e. The number of hydrogen-bond acceptors (Lipinski definition) is 4. The van der Waals surface area contributed by atoms with Gasteiger partial charge in [0.25, 0.3) is 0 Å². The maximum Gasteiger partial charge on any atom is 0.221 e. The first-order chi connectivity index (χ1) is 8.79. The molecule has 1 heterocycles. The van der Waals surface area contributed by atoms with E-state index in [9.17, 15) is 4.79 Å². The Morgan fingerprint density at radius 1 is 1.50 bits per heavy atom. The summed E-state index contributed by atoms with van der Waals surface area (Å²) in [6.07, 6.45) is 3.17. The van der Waals surface area contributed by atoms with Crippen LogP contribution in [0.2, 0.25) is 0 Å². The highest BCUT2D eigenvalue weighted by molar-refractivity contribution is 5.76. The van der Waals surface area contributed by atoms with Gasteiger partial charge in [0.05, 0.1) is 13.2 Å². The van der Waals surface area contributed by atoms with Crippen LogP contribution < -0.4 is 10.6 Å². The van der Waals surface area contributed by atoms with Crippen LogP contribution >= 0.6 is 0 Å². The third-order valence-electron chi connectivity index (χ3n) is 3.62. The lowest BCUT2D eigenvalue weighted by Crippen LogP contribution is -2.45. The molecule has 2 rings (SSSR count). The van der Waals surface area contributed by atoms with Crippen LogP contribution in [0.3, 0.4) is 0 Å². The molecule has 1 amide bonds. The fraction of sp³-hybridized carbons (Fsp3) is 0.923.